The van der Waals surface area contributed by atoms with Crippen LogP contribution in [0.2, 0.25) is 0 Å². The van der Waals surface area contributed by atoms with Crippen LogP contribution in [-0.2, 0) is 23.0 Å². The van der Waals surface area contributed by atoms with E-state index in [1.807, 2.05) is 54.8 Å². The van der Waals surface area contributed by atoms with Gasteiger partial charge in [0.2, 0.25) is 10.0 Å². The highest BCUT2D eigenvalue weighted by Gasteiger charge is 2.29. The minimum absolute atomic E-state index is 0.0176. The van der Waals surface area contributed by atoms with Crippen molar-refractivity contribution in [2.45, 2.75) is 65.2 Å². The first-order valence-corrected chi connectivity index (χ1v) is 14.6. The number of benzene rings is 2. The highest BCUT2D eigenvalue weighted by Crippen LogP contribution is 2.35. The fourth-order valence-electron chi connectivity index (χ4n) is 3.92. The summed E-state index contributed by atoms with van der Waals surface area (Å²) in [6.45, 7) is 9.57. The Morgan fingerprint density at radius 3 is 2.44 bits per heavy atom. The maximum absolute atomic E-state index is 13.4. The number of anilines is 1. The van der Waals surface area contributed by atoms with Crippen LogP contribution in [0.4, 0.5) is 5.69 Å². The third-order valence-corrected chi connectivity index (χ3v) is 9.28. The molecule has 2 aromatic carbocycles. The molecule has 0 aliphatic rings. The molecule has 0 saturated carbocycles. The summed E-state index contributed by atoms with van der Waals surface area (Å²) in [5.74, 6) is 0.805. The van der Waals surface area contributed by atoms with Crippen LogP contribution in [0.3, 0.4) is 0 Å². The number of nitrogens with zero attached hydrogens (tertiary/aromatic N) is 2. The quantitative estimate of drug-likeness (QED) is 0.291. The first kappa shape index (κ1) is 26.1. The van der Waals surface area contributed by atoms with E-state index in [9.17, 15) is 13.2 Å². The van der Waals surface area contributed by atoms with E-state index in [1.165, 1.54) is 11.3 Å². The second kappa shape index (κ2) is 10.2. The summed E-state index contributed by atoms with van der Waals surface area (Å²) in [6, 6.07) is 15.6. The second-order valence-electron chi connectivity index (χ2n) is 10.1. The molecule has 4 aromatic rings. The average Bonchev–Trinajstić information content (AvgIpc) is 3.27. The van der Waals surface area contributed by atoms with Crippen LogP contribution in [0.25, 0.3) is 21.3 Å². The normalized spacial score (nSPS) is 12.2. The van der Waals surface area contributed by atoms with Crippen molar-refractivity contribution in [1.29, 1.82) is 0 Å². The van der Waals surface area contributed by atoms with Gasteiger partial charge in [-0.1, -0.05) is 49.2 Å². The molecule has 0 unspecified atom stereocenters. The van der Waals surface area contributed by atoms with E-state index in [2.05, 4.69) is 11.6 Å². The van der Waals surface area contributed by atoms with Gasteiger partial charge in [-0.3, -0.25) is 14.1 Å². The predicted molar refractivity (Wildman–Crippen MR) is 151 cm³/mol. The van der Waals surface area contributed by atoms with E-state index in [4.69, 9.17) is 4.98 Å². The SMILES string of the molecule is CCCCc1nc2ccc(C)cc2c(=O)n1Cc1ccc(-c2sccc2NS(=O)(=O)C(C)(C)C)cc1. The smallest absolute Gasteiger partial charge is 0.261 e. The summed E-state index contributed by atoms with van der Waals surface area (Å²) in [6.07, 6.45) is 2.74. The Labute approximate surface area is 217 Å². The monoisotopic (exact) mass is 523 g/mol. The highest BCUT2D eigenvalue weighted by atomic mass is 32.2. The maximum Gasteiger partial charge on any atom is 0.261 e. The van der Waals surface area contributed by atoms with Crippen molar-refractivity contribution in [3.05, 3.63) is 81.2 Å². The van der Waals surface area contributed by atoms with Gasteiger partial charge in [-0.05, 0) is 68.8 Å². The zero-order chi connectivity index (χ0) is 26.1. The number of hydrogen-bond acceptors (Lipinski definition) is 5. The number of fused-ring (bicyclic) bond motifs is 1. The Morgan fingerprint density at radius 1 is 1.06 bits per heavy atom. The molecule has 8 heteroatoms. The Bertz CT molecular complexity index is 1540. The largest absolute Gasteiger partial charge is 0.292 e. The molecule has 2 aromatic heterocycles. The first-order chi connectivity index (χ1) is 17.0. The van der Waals surface area contributed by atoms with Gasteiger partial charge in [-0.15, -0.1) is 11.3 Å². The number of nitrogens with one attached hydrogen (secondary N) is 1. The van der Waals surface area contributed by atoms with Crippen molar-refractivity contribution in [2.24, 2.45) is 0 Å². The van der Waals surface area contributed by atoms with E-state index in [-0.39, 0.29) is 5.56 Å². The molecule has 2 heterocycles. The highest BCUT2D eigenvalue weighted by molar-refractivity contribution is 7.94. The number of aryl methyl sites for hydroxylation is 2. The lowest BCUT2D eigenvalue weighted by Crippen LogP contribution is -2.33. The van der Waals surface area contributed by atoms with Gasteiger partial charge in [0.15, 0.2) is 0 Å². The number of aromatic nitrogens is 2. The second-order valence-corrected chi connectivity index (χ2v) is 13.5. The Hall–Kier alpha value is -2.97. The van der Waals surface area contributed by atoms with E-state index < -0.39 is 14.8 Å². The summed E-state index contributed by atoms with van der Waals surface area (Å²) in [5, 5.41) is 2.52. The molecule has 0 saturated heterocycles. The van der Waals surface area contributed by atoms with E-state index in [0.29, 0.717) is 17.6 Å². The Kier molecular flexibility index (Phi) is 7.38. The van der Waals surface area contributed by atoms with Gasteiger partial charge in [0.05, 0.1) is 32.8 Å². The molecule has 6 nitrogen and oxygen atoms in total. The number of rotatable bonds is 8. The van der Waals surface area contributed by atoms with Gasteiger partial charge in [0, 0.05) is 6.42 Å². The fraction of sp³-hybridized carbons (Fsp3) is 0.357. The van der Waals surface area contributed by atoms with Crippen molar-refractivity contribution in [1.82, 2.24) is 9.55 Å². The summed E-state index contributed by atoms with van der Waals surface area (Å²) < 4.78 is 29.0. The van der Waals surface area contributed by atoms with Crippen LogP contribution in [-0.4, -0.2) is 22.7 Å². The van der Waals surface area contributed by atoms with Crippen molar-refractivity contribution < 1.29 is 8.42 Å². The molecule has 0 amide bonds. The van der Waals surface area contributed by atoms with Gasteiger partial charge < -0.3 is 0 Å². The standard InChI is InChI=1S/C28H33N3O3S2/c1-6-7-8-25-29-23-14-9-19(2)17-22(23)27(32)31(25)18-20-10-12-21(13-11-20)26-24(15-16-35-26)30-36(33,34)28(3,4)5/h9-17,30H,6-8,18H2,1-5H3. The van der Waals surface area contributed by atoms with E-state index in [0.717, 1.165) is 52.2 Å². The lowest BCUT2D eigenvalue weighted by atomic mass is 10.1. The summed E-state index contributed by atoms with van der Waals surface area (Å²) in [5.41, 5.74) is 4.25. The van der Waals surface area contributed by atoms with Crippen molar-refractivity contribution in [2.75, 3.05) is 4.72 Å². The van der Waals surface area contributed by atoms with Crippen molar-refractivity contribution in [3.8, 4) is 10.4 Å². The number of thiophene rings is 1. The van der Waals surface area contributed by atoms with Crippen molar-refractivity contribution >= 4 is 38.0 Å². The molecular weight excluding hydrogens is 490 g/mol. The molecule has 0 aliphatic heterocycles. The average molecular weight is 524 g/mol. The molecule has 36 heavy (non-hydrogen) atoms. The van der Waals surface area contributed by atoms with Crippen LogP contribution in [0.5, 0.6) is 0 Å². The first-order valence-electron chi connectivity index (χ1n) is 12.2. The van der Waals surface area contributed by atoms with Gasteiger partial charge >= 0.3 is 0 Å². The Morgan fingerprint density at radius 2 is 1.78 bits per heavy atom. The van der Waals surface area contributed by atoms with Crippen LogP contribution in [0.15, 0.2) is 58.7 Å². The zero-order valence-electron chi connectivity index (χ0n) is 21.5. The minimum atomic E-state index is -3.53. The van der Waals surface area contributed by atoms with Gasteiger partial charge in [-0.25, -0.2) is 13.4 Å². The molecule has 0 bridgehead atoms. The number of sulfonamides is 1. The van der Waals surface area contributed by atoms with Gasteiger partial charge in [0.25, 0.3) is 5.56 Å². The molecule has 0 fully saturated rings. The maximum atomic E-state index is 13.4. The molecule has 0 radical (unpaired) electrons. The van der Waals surface area contributed by atoms with Crippen LogP contribution >= 0.6 is 11.3 Å². The fourth-order valence-corrected chi connectivity index (χ4v) is 5.61. The molecular formula is C28H33N3O3S2. The van der Waals surface area contributed by atoms with E-state index in [1.54, 1.807) is 31.4 Å². The predicted octanol–water partition coefficient (Wildman–Crippen LogP) is 6.36. The third-order valence-electron chi connectivity index (χ3n) is 6.22. The lowest BCUT2D eigenvalue weighted by Gasteiger charge is -2.20. The van der Waals surface area contributed by atoms with Gasteiger partial charge in [-0.2, -0.15) is 0 Å². The summed E-state index contributed by atoms with van der Waals surface area (Å²) >= 11 is 1.49. The Balaban J connectivity index is 1.66. The van der Waals surface area contributed by atoms with Crippen molar-refractivity contribution in [3.63, 3.8) is 0 Å². The molecule has 0 atom stereocenters. The summed E-state index contributed by atoms with van der Waals surface area (Å²) in [7, 11) is -3.53. The third kappa shape index (κ3) is 5.39. The molecule has 4 rings (SSSR count). The molecule has 1 N–H and O–H groups in total. The molecule has 190 valence electrons. The lowest BCUT2D eigenvalue weighted by molar-refractivity contribution is 0.566. The van der Waals surface area contributed by atoms with E-state index >= 15 is 0 Å². The minimum Gasteiger partial charge on any atom is -0.292 e. The zero-order valence-corrected chi connectivity index (χ0v) is 23.1. The summed E-state index contributed by atoms with van der Waals surface area (Å²) in [4.78, 5) is 19.1. The van der Waals surface area contributed by atoms with Crippen LogP contribution in [0.1, 0.15) is 57.5 Å². The molecule has 0 spiro atoms. The van der Waals surface area contributed by atoms with Gasteiger partial charge in [0.1, 0.15) is 5.82 Å². The van der Waals surface area contributed by atoms with Crippen LogP contribution in [0, 0.1) is 6.92 Å². The molecule has 0 aliphatic carbocycles. The number of unbranched alkanes of at least 4 members (excludes halogenated alkanes) is 1. The topological polar surface area (TPSA) is 81.1 Å². The number of hydrogen-bond donors (Lipinski definition) is 1. The van der Waals surface area contributed by atoms with Crippen LogP contribution < -0.4 is 10.3 Å².